The zero-order chi connectivity index (χ0) is 11.1. The molecule has 0 radical (unpaired) electrons. The Morgan fingerprint density at radius 1 is 1.12 bits per heavy atom. The fourth-order valence-corrected chi connectivity index (χ4v) is 3.32. The number of hydrogen-bond donors (Lipinski definition) is 0. The largest absolute Gasteiger partial charge is 0.289 e. The molecule has 0 unspecified atom stereocenters. The standard InChI is InChI=1S/C14H12OS/c1-9-8-12-13(16-9)7-6-10-4-2-3-5-11(10)14(12)15/h2-5,8H,6-7H2,1H3. The summed E-state index contributed by atoms with van der Waals surface area (Å²) < 4.78 is 0. The summed E-state index contributed by atoms with van der Waals surface area (Å²) in [5.74, 6) is 0.201. The Kier molecular flexibility index (Phi) is 2.18. The van der Waals surface area contributed by atoms with Crippen molar-refractivity contribution in [2.45, 2.75) is 19.8 Å². The molecule has 16 heavy (non-hydrogen) atoms. The van der Waals surface area contributed by atoms with Gasteiger partial charge in [0.25, 0.3) is 0 Å². The lowest BCUT2D eigenvalue weighted by atomic mass is 10.0. The summed E-state index contributed by atoms with van der Waals surface area (Å²) in [6, 6.07) is 10.00. The van der Waals surface area contributed by atoms with Crippen molar-refractivity contribution in [2.24, 2.45) is 0 Å². The van der Waals surface area contributed by atoms with Gasteiger partial charge in [0.1, 0.15) is 0 Å². The van der Waals surface area contributed by atoms with E-state index in [0.717, 1.165) is 24.0 Å². The summed E-state index contributed by atoms with van der Waals surface area (Å²) in [6.45, 7) is 2.07. The van der Waals surface area contributed by atoms with Gasteiger partial charge in [0, 0.05) is 20.9 Å². The molecule has 0 amide bonds. The van der Waals surface area contributed by atoms with E-state index in [4.69, 9.17) is 0 Å². The highest BCUT2D eigenvalue weighted by molar-refractivity contribution is 7.12. The zero-order valence-electron chi connectivity index (χ0n) is 9.12. The van der Waals surface area contributed by atoms with Crippen LogP contribution in [0.5, 0.6) is 0 Å². The van der Waals surface area contributed by atoms with Crippen LogP contribution >= 0.6 is 11.3 Å². The van der Waals surface area contributed by atoms with Crippen molar-refractivity contribution in [1.29, 1.82) is 0 Å². The number of carbonyl (C=O) groups excluding carboxylic acids is 1. The first-order valence-corrected chi connectivity index (χ1v) is 6.29. The van der Waals surface area contributed by atoms with Crippen LogP contribution in [0.3, 0.4) is 0 Å². The van der Waals surface area contributed by atoms with E-state index in [-0.39, 0.29) is 5.78 Å². The van der Waals surface area contributed by atoms with Gasteiger partial charge in [-0.2, -0.15) is 0 Å². The molecule has 1 aromatic heterocycles. The van der Waals surface area contributed by atoms with E-state index in [1.54, 1.807) is 11.3 Å². The van der Waals surface area contributed by atoms with Crippen LogP contribution in [0.15, 0.2) is 30.3 Å². The molecule has 3 rings (SSSR count). The summed E-state index contributed by atoms with van der Waals surface area (Å²) in [5.41, 5.74) is 3.00. The van der Waals surface area contributed by atoms with Gasteiger partial charge in [0.05, 0.1) is 0 Å². The van der Waals surface area contributed by atoms with Crippen molar-refractivity contribution in [1.82, 2.24) is 0 Å². The molecule has 0 spiro atoms. The second kappa shape index (κ2) is 3.56. The van der Waals surface area contributed by atoms with E-state index in [1.165, 1.54) is 15.3 Å². The Balaban J connectivity index is 2.21. The molecule has 1 nitrogen and oxygen atoms in total. The van der Waals surface area contributed by atoms with Gasteiger partial charge in [0.2, 0.25) is 0 Å². The average molecular weight is 228 g/mol. The molecule has 2 aromatic rings. The van der Waals surface area contributed by atoms with Crippen molar-refractivity contribution in [3.63, 3.8) is 0 Å². The Morgan fingerprint density at radius 2 is 1.94 bits per heavy atom. The lowest BCUT2D eigenvalue weighted by Gasteiger charge is -2.02. The number of thiophene rings is 1. The monoisotopic (exact) mass is 228 g/mol. The van der Waals surface area contributed by atoms with E-state index in [9.17, 15) is 4.79 Å². The first-order chi connectivity index (χ1) is 7.75. The third kappa shape index (κ3) is 1.41. The predicted molar refractivity (Wildman–Crippen MR) is 66.3 cm³/mol. The highest BCUT2D eigenvalue weighted by Gasteiger charge is 2.22. The molecule has 1 aliphatic carbocycles. The van der Waals surface area contributed by atoms with Crippen molar-refractivity contribution in [2.75, 3.05) is 0 Å². The molecule has 1 aliphatic rings. The van der Waals surface area contributed by atoms with Crippen molar-refractivity contribution >= 4 is 17.1 Å². The summed E-state index contributed by atoms with van der Waals surface area (Å²) in [7, 11) is 0. The van der Waals surface area contributed by atoms with Crippen LogP contribution in [0.1, 0.15) is 31.2 Å². The van der Waals surface area contributed by atoms with Crippen molar-refractivity contribution < 1.29 is 4.79 Å². The first kappa shape index (κ1) is 9.79. The average Bonchev–Trinajstić information content (AvgIpc) is 2.62. The van der Waals surface area contributed by atoms with Crippen LogP contribution in [-0.4, -0.2) is 5.78 Å². The lowest BCUT2D eigenvalue weighted by Crippen LogP contribution is -2.01. The minimum Gasteiger partial charge on any atom is -0.289 e. The highest BCUT2D eigenvalue weighted by Crippen LogP contribution is 2.30. The molecule has 80 valence electrons. The van der Waals surface area contributed by atoms with E-state index < -0.39 is 0 Å². The number of aryl methyl sites for hydroxylation is 3. The van der Waals surface area contributed by atoms with E-state index in [2.05, 4.69) is 13.0 Å². The number of rotatable bonds is 0. The molecule has 1 heterocycles. The maximum absolute atomic E-state index is 12.3. The molecule has 1 aromatic carbocycles. The van der Waals surface area contributed by atoms with Gasteiger partial charge in [-0.3, -0.25) is 4.79 Å². The van der Waals surface area contributed by atoms with E-state index in [1.807, 2.05) is 24.3 Å². The lowest BCUT2D eigenvalue weighted by molar-refractivity contribution is 0.103. The van der Waals surface area contributed by atoms with Crippen LogP contribution in [0, 0.1) is 6.92 Å². The van der Waals surface area contributed by atoms with Crippen molar-refractivity contribution in [3.8, 4) is 0 Å². The Labute approximate surface area is 98.7 Å². The van der Waals surface area contributed by atoms with E-state index in [0.29, 0.717) is 0 Å². The summed E-state index contributed by atoms with van der Waals surface area (Å²) in [5, 5.41) is 0. The number of hydrogen-bond acceptors (Lipinski definition) is 2. The normalized spacial score (nSPS) is 14.2. The third-order valence-corrected chi connectivity index (χ3v) is 4.17. The van der Waals surface area contributed by atoms with Gasteiger partial charge in [0.15, 0.2) is 5.78 Å². The van der Waals surface area contributed by atoms with Crippen LogP contribution < -0.4 is 0 Å². The third-order valence-electron chi connectivity index (χ3n) is 3.06. The van der Waals surface area contributed by atoms with Crippen LogP contribution in [0.25, 0.3) is 0 Å². The quantitative estimate of drug-likeness (QED) is 0.675. The summed E-state index contributed by atoms with van der Waals surface area (Å²) >= 11 is 1.76. The first-order valence-electron chi connectivity index (χ1n) is 5.47. The number of ketones is 1. The van der Waals surface area contributed by atoms with E-state index >= 15 is 0 Å². The van der Waals surface area contributed by atoms with Gasteiger partial charge in [-0.05, 0) is 31.4 Å². The maximum Gasteiger partial charge on any atom is 0.194 e. The predicted octanol–water partition coefficient (Wildman–Crippen LogP) is 3.39. The Hall–Kier alpha value is -1.41. The molecule has 0 N–H and O–H groups in total. The molecule has 0 saturated carbocycles. The second-order valence-electron chi connectivity index (χ2n) is 4.18. The number of benzene rings is 1. The Bertz CT molecular complexity index is 566. The highest BCUT2D eigenvalue weighted by atomic mass is 32.1. The molecular weight excluding hydrogens is 216 g/mol. The molecule has 0 atom stereocenters. The summed E-state index contributed by atoms with van der Waals surface area (Å²) in [6.07, 6.45) is 1.98. The minimum absolute atomic E-state index is 0.201. The molecule has 2 heteroatoms. The topological polar surface area (TPSA) is 17.1 Å². The molecule has 0 saturated heterocycles. The fourth-order valence-electron chi connectivity index (χ4n) is 2.29. The van der Waals surface area contributed by atoms with Crippen molar-refractivity contribution in [3.05, 3.63) is 56.8 Å². The number of fused-ring (bicyclic) bond motifs is 2. The van der Waals surface area contributed by atoms with Gasteiger partial charge in [-0.1, -0.05) is 24.3 Å². The van der Waals surface area contributed by atoms with Gasteiger partial charge < -0.3 is 0 Å². The second-order valence-corrected chi connectivity index (χ2v) is 5.52. The molecule has 0 fully saturated rings. The van der Waals surface area contributed by atoms with Crippen LogP contribution in [0.4, 0.5) is 0 Å². The number of carbonyl (C=O) groups is 1. The summed E-state index contributed by atoms with van der Waals surface area (Å²) in [4.78, 5) is 14.8. The van der Waals surface area contributed by atoms with Gasteiger partial charge >= 0.3 is 0 Å². The zero-order valence-corrected chi connectivity index (χ0v) is 9.93. The smallest absolute Gasteiger partial charge is 0.194 e. The molecule has 0 bridgehead atoms. The minimum atomic E-state index is 0.201. The maximum atomic E-state index is 12.3. The van der Waals surface area contributed by atoms with Crippen LogP contribution in [-0.2, 0) is 12.8 Å². The Morgan fingerprint density at radius 3 is 2.81 bits per heavy atom. The van der Waals surface area contributed by atoms with Gasteiger partial charge in [-0.25, -0.2) is 0 Å². The molecular formula is C14H12OS. The fraction of sp³-hybridized carbons (Fsp3) is 0.214. The molecule has 0 aliphatic heterocycles. The SMILES string of the molecule is Cc1cc2c(s1)CCc1ccccc1C2=O. The van der Waals surface area contributed by atoms with Gasteiger partial charge in [-0.15, -0.1) is 11.3 Å². The van der Waals surface area contributed by atoms with Crippen LogP contribution in [0.2, 0.25) is 0 Å².